The van der Waals surface area contributed by atoms with E-state index in [9.17, 15) is 19.7 Å². The molecule has 0 unspecified atom stereocenters. The van der Waals surface area contributed by atoms with Gasteiger partial charge in [0.2, 0.25) is 0 Å². The third-order valence-corrected chi connectivity index (χ3v) is 4.38. The molecule has 9 heteroatoms. The molecule has 0 heterocycles. The molecule has 3 rings (SSSR count). The molecule has 1 atom stereocenters. The number of ether oxygens (including phenoxy) is 2. The van der Waals surface area contributed by atoms with Gasteiger partial charge >= 0.3 is 5.97 Å². The Bertz CT molecular complexity index is 942. The van der Waals surface area contributed by atoms with Crippen molar-refractivity contribution in [2.45, 2.75) is 31.9 Å². The number of para-hydroxylation sites is 2. The molecule has 1 aliphatic carbocycles. The van der Waals surface area contributed by atoms with Crippen molar-refractivity contribution in [3.05, 3.63) is 58.1 Å². The van der Waals surface area contributed by atoms with Gasteiger partial charge in [-0.1, -0.05) is 12.1 Å². The highest BCUT2D eigenvalue weighted by Gasteiger charge is 2.27. The van der Waals surface area contributed by atoms with Crippen LogP contribution >= 0.6 is 0 Å². The van der Waals surface area contributed by atoms with Gasteiger partial charge < -0.3 is 20.1 Å². The standard InChI is InChI=1S/C20H21N3O6/c1-12(19(24)22-16-5-3-4-6-18(16)28-2)29-20(25)13-7-10-15(21-14-8-9-14)17(11-13)23(26)27/h3-7,10-12,14,21H,8-9H2,1-2H3,(H,22,24)/t12-/m1/s1. The second-order valence-electron chi connectivity index (χ2n) is 6.64. The number of anilines is 2. The molecule has 0 bridgehead atoms. The third kappa shape index (κ3) is 5.01. The maximum absolute atomic E-state index is 12.4. The van der Waals surface area contributed by atoms with Crippen LogP contribution in [-0.2, 0) is 9.53 Å². The SMILES string of the molecule is COc1ccccc1NC(=O)[C@@H](C)OC(=O)c1ccc(NC2CC2)c([N+](=O)[O-])c1. The summed E-state index contributed by atoms with van der Waals surface area (Å²) >= 11 is 0. The lowest BCUT2D eigenvalue weighted by Crippen LogP contribution is -2.30. The summed E-state index contributed by atoms with van der Waals surface area (Å²) in [5.41, 5.74) is 0.581. The molecular weight excluding hydrogens is 378 g/mol. The Labute approximate surface area is 167 Å². The maximum Gasteiger partial charge on any atom is 0.339 e. The van der Waals surface area contributed by atoms with Gasteiger partial charge in [-0.25, -0.2) is 4.79 Å². The van der Waals surface area contributed by atoms with Gasteiger partial charge in [-0.15, -0.1) is 0 Å². The molecule has 29 heavy (non-hydrogen) atoms. The summed E-state index contributed by atoms with van der Waals surface area (Å²) < 4.78 is 10.3. The maximum atomic E-state index is 12.4. The van der Waals surface area contributed by atoms with Crippen LogP contribution in [0.4, 0.5) is 17.1 Å². The Morgan fingerprint density at radius 1 is 1.17 bits per heavy atom. The lowest BCUT2D eigenvalue weighted by Gasteiger charge is -2.15. The summed E-state index contributed by atoms with van der Waals surface area (Å²) in [5, 5.41) is 17.0. The van der Waals surface area contributed by atoms with E-state index in [0.717, 1.165) is 18.9 Å². The zero-order chi connectivity index (χ0) is 21.0. The van der Waals surface area contributed by atoms with Crippen molar-refractivity contribution < 1.29 is 24.0 Å². The minimum atomic E-state index is -1.12. The zero-order valence-corrected chi connectivity index (χ0v) is 16.0. The van der Waals surface area contributed by atoms with Gasteiger partial charge in [-0.05, 0) is 44.0 Å². The van der Waals surface area contributed by atoms with Crippen LogP contribution in [0, 0.1) is 10.1 Å². The zero-order valence-electron chi connectivity index (χ0n) is 16.0. The van der Waals surface area contributed by atoms with Gasteiger partial charge in [0.25, 0.3) is 11.6 Å². The fraction of sp³-hybridized carbons (Fsp3) is 0.300. The number of benzene rings is 2. The lowest BCUT2D eigenvalue weighted by atomic mass is 10.1. The van der Waals surface area contributed by atoms with Gasteiger partial charge in [0.05, 0.1) is 23.3 Å². The Hall–Kier alpha value is -3.62. The first-order chi connectivity index (χ1) is 13.9. The van der Waals surface area contributed by atoms with Crippen molar-refractivity contribution in [1.29, 1.82) is 0 Å². The fourth-order valence-electron chi connectivity index (χ4n) is 2.64. The van der Waals surface area contributed by atoms with Crippen LogP contribution in [0.15, 0.2) is 42.5 Å². The Kier molecular flexibility index (Phi) is 5.96. The number of carbonyl (C=O) groups is 2. The van der Waals surface area contributed by atoms with Gasteiger partial charge in [-0.2, -0.15) is 0 Å². The lowest BCUT2D eigenvalue weighted by molar-refractivity contribution is -0.384. The Morgan fingerprint density at radius 3 is 2.55 bits per heavy atom. The predicted molar refractivity (Wildman–Crippen MR) is 106 cm³/mol. The Morgan fingerprint density at radius 2 is 1.90 bits per heavy atom. The molecule has 2 N–H and O–H groups in total. The average molecular weight is 399 g/mol. The normalized spacial score (nSPS) is 13.9. The molecule has 1 amide bonds. The first-order valence-corrected chi connectivity index (χ1v) is 9.09. The van der Waals surface area contributed by atoms with Crippen LogP contribution in [0.25, 0.3) is 0 Å². The van der Waals surface area contributed by atoms with Crippen molar-refractivity contribution in [3.63, 3.8) is 0 Å². The second-order valence-corrected chi connectivity index (χ2v) is 6.64. The van der Waals surface area contributed by atoms with E-state index in [0.29, 0.717) is 17.1 Å². The van der Waals surface area contributed by atoms with Crippen molar-refractivity contribution in [3.8, 4) is 5.75 Å². The number of amides is 1. The highest BCUT2D eigenvalue weighted by Crippen LogP contribution is 2.31. The van der Waals surface area contributed by atoms with Crippen LogP contribution in [0.3, 0.4) is 0 Å². The fourth-order valence-corrected chi connectivity index (χ4v) is 2.64. The van der Waals surface area contributed by atoms with Gasteiger partial charge in [-0.3, -0.25) is 14.9 Å². The van der Waals surface area contributed by atoms with Crippen molar-refractivity contribution in [2.24, 2.45) is 0 Å². The van der Waals surface area contributed by atoms with Crippen LogP contribution in [0.5, 0.6) is 5.75 Å². The molecule has 152 valence electrons. The molecule has 2 aromatic carbocycles. The number of rotatable bonds is 8. The number of esters is 1. The number of hydrogen-bond donors (Lipinski definition) is 2. The van der Waals surface area contributed by atoms with E-state index in [4.69, 9.17) is 9.47 Å². The van der Waals surface area contributed by atoms with Crippen LogP contribution in [0.1, 0.15) is 30.1 Å². The molecule has 0 radical (unpaired) electrons. The number of methoxy groups -OCH3 is 1. The van der Waals surface area contributed by atoms with Crippen LogP contribution in [-0.4, -0.2) is 36.1 Å². The van der Waals surface area contributed by atoms with Gasteiger partial charge in [0, 0.05) is 12.1 Å². The molecule has 9 nitrogen and oxygen atoms in total. The summed E-state index contributed by atoms with van der Waals surface area (Å²) in [4.78, 5) is 35.5. The highest BCUT2D eigenvalue weighted by atomic mass is 16.6. The van der Waals surface area contributed by atoms with Crippen molar-refractivity contribution >= 4 is 28.9 Å². The Balaban J connectivity index is 1.67. The summed E-state index contributed by atoms with van der Waals surface area (Å²) in [5.74, 6) is -0.910. The topological polar surface area (TPSA) is 120 Å². The molecule has 0 spiro atoms. The van der Waals surface area contributed by atoms with E-state index in [-0.39, 0.29) is 17.3 Å². The predicted octanol–water partition coefficient (Wildman–Crippen LogP) is 3.36. The molecule has 1 fully saturated rings. The van der Waals surface area contributed by atoms with E-state index in [2.05, 4.69) is 10.6 Å². The van der Waals surface area contributed by atoms with E-state index in [1.807, 2.05) is 0 Å². The minimum absolute atomic E-state index is 0.00464. The summed E-state index contributed by atoms with van der Waals surface area (Å²) in [6.45, 7) is 1.42. The molecular formula is C20H21N3O6. The van der Waals surface area contributed by atoms with E-state index >= 15 is 0 Å². The average Bonchev–Trinajstić information content (AvgIpc) is 3.52. The number of nitrogens with zero attached hydrogens (tertiary/aromatic N) is 1. The molecule has 0 aromatic heterocycles. The third-order valence-electron chi connectivity index (χ3n) is 4.38. The minimum Gasteiger partial charge on any atom is -0.495 e. The highest BCUT2D eigenvalue weighted by molar-refractivity contribution is 5.98. The molecule has 0 saturated heterocycles. The smallest absolute Gasteiger partial charge is 0.339 e. The number of nitrogens with one attached hydrogen (secondary N) is 2. The van der Waals surface area contributed by atoms with Gasteiger partial charge in [0.15, 0.2) is 6.10 Å². The molecule has 1 saturated carbocycles. The quantitative estimate of drug-likeness (QED) is 0.397. The van der Waals surface area contributed by atoms with Crippen molar-refractivity contribution in [1.82, 2.24) is 0 Å². The van der Waals surface area contributed by atoms with Crippen molar-refractivity contribution in [2.75, 3.05) is 17.7 Å². The molecule has 1 aliphatic rings. The van der Waals surface area contributed by atoms with Crippen LogP contribution < -0.4 is 15.4 Å². The van der Waals surface area contributed by atoms with Crippen LogP contribution in [0.2, 0.25) is 0 Å². The monoisotopic (exact) mass is 399 g/mol. The second kappa shape index (κ2) is 8.59. The summed E-state index contributed by atoms with van der Waals surface area (Å²) in [6.07, 6.45) is 0.801. The molecule has 0 aliphatic heterocycles. The van der Waals surface area contributed by atoms with E-state index in [1.165, 1.54) is 26.2 Å². The summed E-state index contributed by atoms with van der Waals surface area (Å²) in [7, 11) is 1.48. The number of nitro groups is 1. The first-order valence-electron chi connectivity index (χ1n) is 9.09. The number of nitro benzene ring substituents is 1. The number of hydrogen-bond acceptors (Lipinski definition) is 7. The number of carbonyl (C=O) groups excluding carboxylic acids is 2. The van der Waals surface area contributed by atoms with E-state index in [1.54, 1.807) is 24.3 Å². The molecule has 2 aromatic rings. The van der Waals surface area contributed by atoms with Gasteiger partial charge in [0.1, 0.15) is 11.4 Å². The first kappa shape index (κ1) is 20.1. The largest absolute Gasteiger partial charge is 0.495 e. The summed E-state index contributed by atoms with van der Waals surface area (Å²) in [6, 6.07) is 11.1. The van der Waals surface area contributed by atoms with E-state index < -0.39 is 22.9 Å².